The van der Waals surface area contributed by atoms with Gasteiger partial charge in [0.2, 0.25) is 0 Å². The summed E-state index contributed by atoms with van der Waals surface area (Å²) in [7, 11) is 4.03. The molecule has 31 heavy (non-hydrogen) atoms. The first-order chi connectivity index (χ1) is 15.0. The van der Waals surface area contributed by atoms with Gasteiger partial charge < -0.3 is 19.2 Å². The molecule has 0 atom stereocenters. The second-order valence-electron chi connectivity index (χ2n) is 7.43. The Morgan fingerprint density at radius 3 is 2.32 bits per heavy atom. The molecule has 0 aliphatic rings. The van der Waals surface area contributed by atoms with Gasteiger partial charge in [-0.15, -0.1) is 0 Å². The van der Waals surface area contributed by atoms with Crippen molar-refractivity contribution in [1.29, 1.82) is 0 Å². The van der Waals surface area contributed by atoms with E-state index in [0.29, 0.717) is 17.4 Å². The number of halogens is 1. The molecule has 0 aliphatic heterocycles. The predicted molar refractivity (Wildman–Crippen MR) is 124 cm³/mol. The lowest BCUT2D eigenvalue weighted by Gasteiger charge is -2.11. The lowest BCUT2D eigenvalue weighted by Crippen LogP contribution is -2.19. The summed E-state index contributed by atoms with van der Waals surface area (Å²) in [5.41, 5.74) is 3.50. The number of phenolic OH excluding ortho intramolecular Hbond substituents is 1. The van der Waals surface area contributed by atoms with Gasteiger partial charge in [0.05, 0.1) is 5.02 Å². The highest BCUT2D eigenvalue weighted by Gasteiger charge is 2.17. The van der Waals surface area contributed by atoms with Gasteiger partial charge in [-0.1, -0.05) is 17.7 Å². The molecule has 0 unspecified atom stereocenters. The van der Waals surface area contributed by atoms with Crippen molar-refractivity contribution in [2.75, 3.05) is 27.2 Å². The molecule has 4 aromatic rings. The fourth-order valence-corrected chi connectivity index (χ4v) is 3.32. The summed E-state index contributed by atoms with van der Waals surface area (Å²) in [5, 5.41) is 10.4. The van der Waals surface area contributed by atoms with Crippen LogP contribution in [0.25, 0.3) is 33.8 Å². The average molecular weight is 435 g/mol. The smallest absolute Gasteiger partial charge is 0.142 e. The van der Waals surface area contributed by atoms with Gasteiger partial charge in [-0.25, -0.2) is 0 Å². The van der Waals surface area contributed by atoms with Crippen LogP contribution >= 0.6 is 11.6 Å². The van der Waals surface area contributed by atoms with Gasteiger partial charge in [-0.05, 0) is 74.3 Å². The molecule has 0 saturated carbocycles. The van der Waals surface area contributed by atoms with E-state index in [0.717, 1.165) is 40.3 Å². The summed E-state index contributed by atoms with van der Waals surface area (Å²) < 4.78 is 12.1. The second-order valence-corrected chi connectivity index (χ2v) is 7.84. The predicted octanol–water partition coefficient (Wildman–Crippen LogP) is 5.98. The molecule has 0 bridgehead atoms. The number of phenols is 1. The maximum atomic E-state index is 10.1. The van der Waals surface area contributed by atoms with Crippen LogP contribution in [0.2, 0.25) is 5.02 Å². The van der Waals surface area contributed by atoms with E-state index in [2.05, 4.69) is 9.88 Å². The van der Waals surface area contributed by atoms with Crippen LogP contribution in [0.3, 0.4) is 0 Å². The third-order valence-electron chi connectivity index (χ3n) is 4.88. The van der Waals surface area contributed by atoms with E-state index in [1.165, 1.54) is 0 Å². The number of aromatic hydroxyl groups is 1. The molecule has 5 nitrogen and oxygen atoms in total. The molecule has 0 spiro atoms. The Labute approximate surface area is 186 Å². The van der Waals surface area contributed by atoms with Gasteiger partial charge in [0.25, 0.3) is 0 Å². The van der Waals surface area contributed by atoms with Crippen molar-refractivity contribution in [2.24, 2.45) is 0 Å². The minimum atomic E-state index is 0.0295. The fourth-order valence-electron chi connectivity index (χ4n) is 3.21. The van der Waals surface area contributed by atoms with Crippen molar-refractivity contribution in [1.82, 2.24) is 9.88 Å². The first kappa shape index (κ1) is 21.0. The Morgan fingerprint density at radius 2 is 1.65 bits per heavy atom. The molecule has 0 saturated heterocycles. The van der Waals surface area contributed by atoms with Crippen LogP contribution in [0, 0.1) is 0 Å². The molecular weight excluding hydrogens is 412 g/mol. The van der Waals surface area contributed by atoms with E-state index in [1.807, 2.05) is 62.6 Å². The van der Waals surface area contributed by atoms with E-state index in [9.17, 15) is 5.11 Å². The van der Waals surface area contributed by atoms with Crippen molar-refractivity contribution < 1.29 is 14.3 Å². The summed E-state index contributed by atoms with van der Waals surface area (Å²) >= 11 is 6.00. The van der Waals surface area contributed by atoms with Gasteiger partial charge in [0.1, 0.15) is 29.6 Å². The highest BCUT2D eigenvalue weighted by Crippen LogP contribution is 2.40. The number of nitrogens with zero attached hydrogens (tertiary/aromatic N) is 2. The number of likely N-dealkylation sites (N-methyl/N-ethyl adjacent to an activating group) is 1. The Morgan fingerprint density at radius 1 is 0.935 bits per heavy atom. The topological polar surface area (TPSA) is 58.7 Å². The molecular formula is C25H23ClN2O3. The lowest BCUT2D eigenvalue weighted by atomic mass is 10.0. The largest absolute Gasteiger partial charge is 0.506 e. The molecule has 0 fully saturated rings. The Bertz CT molecular complexity index is 1160. The van der Waals surface area contributed by atoms with E-state index in [-0.39, 0.29) is 5.75 Å². The standard InChI is InChI=1S/C25H23ClN2O3/c1-28(2)13-14-30-20-6-3-17(4-7-20)24-16-21(19-5-8-22(26)23(29)15-19)25(31-24)18-9-11-27-12-10-18/h3-12,15-16,29H,13-14H2,1-2H3. The molecule has 0 radical (unpaired) electrons. The SMILES string of the molecule is CN(C)CCOc1ccc(-c2cc(-c3ccc(Cl)c(O)c3)c(-c3ccncc3)o2)cc1. The van der Waals surface area contributed by atoms with Crippen LogP contribution in [0.5, 0.6) is 11.5 Å². The number of ether oxygens (including phenoxy) is 1. The van der Waals surface area contributed by atoms with Gasteiger partial charge >= 0.3 is 0 Å². The van der Waals surface area contributed by atoms with Crippen molar-refractivity contribution in [3.05, 3.63) is 78.1 Å². The number of pyridine rings is 1. The zero-order chi connectivity index (χ0) is 21.8. The molecule has 1 N–H and O–H groups in total. The number of hydrogen-bond acceptors (Lipinski definition) is 5. The summed E-state index contributed by atoms with van der Waals surface area (Å²) in [6.07, 6.45) is 3.45. The van der Waals surface area contributed by atoms with Crippen LogP contribution in [-0.2, 0) is 0 Å². The number of furan rings is 1. The van der Waals surface area contributed by atoms with Crippen molar-refractivity contribution in [3.63, 3.8) is 0 Å². The molecule has 2 aromatic heterocycles. The normalized spacial score (nSPS) is 11.1. The van der Waals surface area contributed by atoms with Crippen LogP contribution in [0.4, 0.5) is 0 Å². The highest BCUT2D eigenvalue weighted by atomic mass is 35.5. The minimum absolute atomic E-state index is 0.0295. The molecule has 158 valence electrons. The number of rotatable bonds is 7. The minimum Gasteiger partial charge on any atom is -0.506 e. The second kappa shape index (κ2) is 9.25. The Kier molecular flexibility index (Phi) is 6.26. The molecule has 6 heteroatoms. The van der Waals surface area contributed by atoms with E-state index >= 15 is 0 Å². The van der Waals surface area contributed by atoms with E-state index in [4.69, 9.17) is 20.8 Å². The molecule has 2 heterocycles. The average Bonchev–Trinajstić information content (AvgIpc) is 3.22. The highest BCUT2D eigenvalue weighted by molar-refractivity contribution is 6.32. The maximum Gasteiger partial charge on any atom is 0.142 e. The van der Waals surface area contributed by atoms with Crippen molar-refractivity contribution >= 4 is 11.6 Å². The van der Waals surface area contributed by atoms with E-state index in [1.54, 1.807) is 24.5 Å². The van der Waals surface area contributed by atoms with Crippen LogP contribution < -0.4 is 4.74 Å². The summed E-state index contributed by atoms with van der Waals surface area (Å²) in [6.45, 7) is 1.48. The number of aromatic nitrogens is 1. The van der Waals surface area contributed by atoms with E-state index < -0.39 is 0 Å². The van der Waals surface area contributed by atoms with Crippen LogP contribution in [0.1, 0.15) is 0 Å². The summed E-state index contributed by atoms with van der Waals surface area (Å²) in [5.74, 6) is 2.26. The molecule has 0 amide bonds. The van der Waals surface area contributed by atoms with Crippen molar-refractivity contribution in [3.8, 4) is 45.3 Å². The molecule has 4 rings (SSSR count). The third-order valence-corrected chi connectivity index (χ3v) is 5.20. The fraction of sp³-hybridized carbons (Fsp3) is 0.160. The first-order valence-electron chi connectivity index (χ1n) is 9.92. The summed E-state index contributed by atoms with van der Waals surface area (Å²) in [4.78, 5) is 6.17. The number of hydrogen-bond donors (Lipinski definition) is 1. The van der Waals surface area contributed by atoms with Crippen molar-refractivity contribution in [2.45, 2.75) is 0 Å². The zero-order valence-corrected chi connectivity index (χ0v) is 18.1. The monoisotopic (exact) mass is 434 g/mol. The first-order valence-corrected chi connectivity index (χ1v) is 10.3. The molecule has 0 aliphatic carbocycles. The maximum absolute atomic E-state index is 10.1. The van der Waals surface area contributed by atoms with Gasteiger partial charge in [-0.3, -0.25) is 4.98 Å². The zero-order valence-electron chi connectivity index (χ0n) is 17.4. The Balaban J connectivity index is 1.69. The van der Waals surface area contributed by atoms with Crippen LogP contribution in [-0.4, -0.2) is 42.2 Å². The Hall–Kier alpha value is -3.28. The summed E-state index contributed by atoms with van der Waals surface area (Å²) in [6, 6.07) is 18.8. The van der Waals surface area contributed by atoms with Crippen LogP contribution in [0.15, 0.2) is 77.5 Å². The quantitative estimate of drug-likeness (QED) is 0.388. The lowest BCUT2D eigenvalue weighted by molar-refractivity contribution is 0.261. The van der Waals surface area contributed by atoms with Gasteiger partial charge in [-0.2, -0.15) is 0 Å². The molecule has 2 aromatic carbocycles. The third kappa shape index (κ3) is 4.90. The van der Waals surface area contributed by atoms with Gasteiger partial charge in [0, 0.05) is 35.6 Å². The number of benzene rings is 2. The van der Waals surface area contributed by atoms with Gasteiger partial charge in [0.15, 0.2) is 0 Å².